The van der Waals surface area contributed by atoms with Crippen molar-refractivity contribution in [3.8, 4) is 0 Å². The van der Waals surface area contributed by atoms with Crippen LogP contribution in [0.3, 0.4) is 0 Å². The van der Waals surface area contributed by atoms with Gasteiger partial charge < -0.3 is 10.2 Å². The number of hydrogen-bond acceptors (Lipinski definition) is 4. The summed E-state index contributed by atoms with van der Waals surface area (Å²) in [5.41, 5.74) is 1.87. The van der Waals surface area contributed by atoms with Crippen LogP contribution in [0.25, 0.3) is 0 Å². The van der Waals surface area contributed by atoms with E-state index in [9.17, 15) is 13.2 Å². The molecule has 156 valence electrons. The van der Waals surface area contributed by atoms with Gasteiger partial charge in [0.1, 0.15) is 0 Å². The van der Waals surface area contributed by atoms with E-state index in [1.54, 1.807) is 17.0 Å². The summed E-state index contributed by atoms with van der Waals surface area (Å²) in [6.45, 7) is 9.13. The maximum Gasteiger partial charge on any atom is 0.241 e. The number of carbonyl (C=O) groups is 1. The first-order valence-electron chi connectivity index (χ1n) is 10.2. The number of fused-ring (bicyclic) bond motifs is 1. The standard InChI is InChI=1S/C21H33N3O3S/c1-14-11-15-12-16(28(22,26)27)9-10-19(15)24(14)20(25)13-23-18-8-6-5-7-17(18)21(2,3)4/h9-10,12,14,17-18,23H,5-8,11,13H2,1-4H3,(H2,22,26,27). The fourth-order valence-electron chi connectivity index (χ4n) is 4.88. The SMILES string of the molecule is CC1Cc2cc(S(N)(=O)=O)ccc2N1C(=O)CNC1CCCCC1C(C)(C)C. The predicted octanol–water partition coefficient (Wildman–Crippen LogP) is 2.81. The van der Waals surface area contributed by atoms with Crippen LogP contribution in [0.15, 0.2) is 23.1 Å². The second kappa shape index (κ2) is 7.76. The number of rotatable bonds is 4. The number of benzene rings is 1. The van der Waals surface area contributed by atoms with Crippen molar-refractivity contribution < 1.29 is 13.2 Å². The summed E-state index contributed by atoms with van der Waals surface area (Å²) in [5, 5.41) is 8.77. The number of amides is 1. The smallest absolute Gasteiger partial charge is 0.241 e. The van der Waals surface area contributed by atoms with E-state index in [1.807, 2.05) is 6.92 Å². The predicted molar refractivity (Wildman–Crippen MR) is 112 cm³/mol. The van der Waals surface area contributed by atoms with Gasteiger partial charge in [0.2, 0.25) is 15.9 Å². The Kier molecular flexibility index (Phi) is 5.90. The molecule has 3 atom stereocenters. The molecule has 3 N–H and O–H groups in total. The molecule has 1 amide bonds. The highest BCUT2D eigenvalue weighted by atomic mass is 32.2. The maximum atomic E-state index is 13.0. The topological polar surface area (TPSA) is 92.5 Å². The van der Waals surface area contributed by atoms with Gasteiger partial charge >= 0.3 is 0 Å². The lowest BCUT2D eigenvalue weighted by molar-refractivity contribution is -0.118. The number of nitrogens with zero attached hydrogens (tertiary/aromatic N) is 1. The summed E-state index contributed by atoms with van der Waals surface area (Å²) in [7, 11) is -3.74. The van der Waals surface area contributed by atoms with Crippen LogP contribution in [0, 0.1) is 11.3 Å². The molecule has 1 aliphatic carbocycles. The van der Waals surface area contributed by atoms with Gasteiger partial charge in [0, 0.05) is 17.8 Å². The van der Waals surface area contributed by atoms with Crippen molar-refractivity contribution in [3.63, 3.8) is 0 Å². The van der Waals surface area contributed by atoms with Crippen molar-refractivity contribution in [3.05, 3.63) is 23.8 Å². The quantitative estimate of drug-likeness (QED) is 0.803. The number of carbonyl (C=O) groups excluding carboxylic acids is 1. The number of nitrogens with two attached hydrogens (primary N) is 1. The van der Waals surface area contributed by atoms with Gasteiger partial charge in [0.25, 0.3) is 0 Å². The van der Waals surface area contributed by atoms with Crippen molar-refractivity contribution in [2.75, 3.05) is 11.4 Å². The Morgan fingerprint density at radius 2 is 1.93 bits per heavy atom. The minimum Gasteiger partial charge on any atom is -0.308 e. The summed E-state index contributed by atoms with van der Waals surface area (Å²) in [4.78, 5) is 14.9. The van der Waals surface area contributed by atoms with Crippen molar-refractivity contribution >= 4 is 21.6 Å². The van der Waals surface area contributed by atoms with Crippen LogP contribution in [-0.2, 0) is 21.2 Å². The molecule has 2 aliphatic rings. The average molecular weight is 408 g/mol. The Morgan fingerprint density at radius 3 is 2.57 bits per heavy atom. The molecular formula is C21H33N3O3S. The average Bonchev–Trinajstić information content (AvgIpc) is 2.93. The monoisotopic (exact) mass is 407 g/mol. The molecule has 1 fully saturated rings. The first-order valence-corrected chi connectivity index (χ1v) is 11.7. The molecule has 0 saturated heterocycles. The third-order valence-corrected chi connectivity index (χ3v) is 7.17. The van der Waals surface area contributed by atoms with E-state index in [0.717, 1.165) is 17.7 Å². The van der Waals surface area contributed by atoms with Gasteiger partial charge in [-0.25, -0.2) is 13.6 Å². The lowest BCUT2D eigenvalue weighted by Crippen LogP contribution is -2.49. The van der Waals surface area contributed by atoms with Crippen molar-refractivity contribution in [1.29, 1.82) is 0 Å². The molecule has 1 aliphatic heterocycles. The van der Waals surface area contributed by atoms with E-state index in [4.69, 9.17) is 5.14 Å². The second-order valence-electron chi connectivity index (χ2n) is 9.40. The molecule has 1 aromatic rings. The van der Waals surface area contributed by atoms with Crippen LogP contribution in [0.1, 0.15) is 58.9 Å². The van der Waals surface area contributed by atoms with Gasteiger partial charge in [0.05, 0.1) is 11.4 Å². The van der Waals surface area contributed by atoms with Crippen LogP contribution in [0.4, 0.5) is 5.69 Å². The van der Waals surface area contributed by atoms with E-state index >= 15 is 0 Å². The van der Waals surface area contributed by atoms with Crippen molar-refractivity contribution in [2.45, 2.75) is 76.8 Å². The number of anilines is 1. The molecule has 3 unspecified atom stereocenters. The highest BCUT2D eigenvalue weighted by Crippen LogP contribution is 2.38. The summed E-state index contributed by atoms with van der Waals surface area (Å²) >= 11 is 0. The number of nitrogens with one attached hydrogen (secondary N) is 1. The van der Waals surface area contributed by atoms with Crippen LogP contribution < -0.4 is 15.4 Å². The molecular weight excluding hydrogens is 374 g/mol. The summed E-state index contributed by atoms with van der Waals surface area (Å²) < 4.78 is 23.2. The van der Waals surface area contributed by atoms with Crippen LogP contribution in [0.5, 0.6) is 0 Å². The molecule has 0 aromatic heterocycles. The Bertz CT molecular complexity index is 845. The number of primary sulfonamides is 1. The summed E-state index contributed by atoms with van der Waals surface area (Å²) in [6, 6.07) is 5.15. The van der Waals surface area contributed by atoms with Gasteiger partial charge in [-0.15, -0.1) is 0 Å². The largest absolute Gasteiger partial charge is 0.308 e. The van der Waals surface area contributed by atoms with E-state index in [-0.39, 0.29) is 22.3 Å². The zero-order chi connectivity index (χ0) is 20.7. The van der Waals surface area contributed by atoms with E-state index in [2.05, 4.69) is 26.1 Å². The Hall–Kier alpha value is -1.44. The van der Waals surface area contributed by atoms with Crippen LogP contribution >= 0.6 is 0 Å². The second-order valence-corrected chi connectivity index (χ2v) is 11.0. The summed E-state index contributed by atoms with van der Waals surface area (Å²) in [6.07, 6.45) is 5.42. The molecule has 1 aromatic carbocycles. The first-order chi connectivity index (χ1) is 13.0. The lowest BCUT2D eigenvalue weighted by Gasteiger charge is -2.41. The van der Waals surface area contributed by atoms with Gasteiger partial charge in [0.15, 0.2) is 0 Å². The molecule has 0 radical (unpaired) electrons. The van der Waals surface area contributed by atoms with Crippen molar-refractivity contribution in [2.24, 2.45) is 16.5 Å². The minimum absolute atomic E-state index is 0.00444. The molecule has 1 saturated carbocycles. The zero-order valence-electron chi connectivity index (χ0n) is 17.4. The van der Waals surface area contributed by atoms with Crippen LogP contribution in [-0.4, -0.2) is 33.0 Å². The Labute approximate surface area is 168 Å². The number of sulfonamides is 1. The fraction of sp³-hybridized carbons (Fsp3) is 0.667. The van der Waals surface area contributed by atoms with Gasteiger partial charge in [-0.05, 0) is 61.3 Å². The lowest BCUT2D eigenvalue weighted by atomic mass is 9.69. The molecule has 3 rings (SSSR count). The molecule has 28 heavy (non-hydrogen) atoms. The molecule has 1 heterocycles. The molecule has 6 nitrogen and oxygen atoms in total. The molecule has 7 heteroatoms. The third kappa shape index (κ3) is 4.42. The van der Waals surface area contributed by atoms with Gasteiger partial charge in [-0.3, -0.25) is 4.79 Å². The fourth-order valence-corrected chi connectivity index (χ4v) is 5.44. The highest BCUT2D eigenvalue weighted by Gasteiger charge is 2.36. The first kappa shape index (κ1) is 21.3. The zero-order valence-corrected chi connectivity index (χ0v) is 18.2. The highest BCUT2D eigenvalue weighted by molar-refractivity contribution is 7.89. The van der Waals surface area contributed by atoms with Gasteiger partial charge in [-0.2, -0.15) is 0 Å². The minimum atomic E-state index is -3.74. The summed E-state index contributed by atoms with van der Waals surface area (Å²) in [5.74, 6) is 0.600. The maximum absolute atomic E-state index is 13.0. The Balaban J connectivity index is 1.72. The Morgan fingerprint density at radius 1 is 1.25 bits per heavy atom. The van der Waals surface area contributed by atoms with Gasteiger partial charge in [-0.1, -0.05) is 33.6 Å². The molecule has 0 bridgehead atoms. The molecule has 0 spiro atoms. The van der Waals surface area contributed by atoms with E-state index in [1.165, 1.54) is 25.3 Å². The van der Waals surface area contributed by atoms with E-state index < -0.39 is 10.0 Å². The van der Waals surface area contributed by atoms with Crippen molar-refractivity contribution in [1.82, 2.24) is 5.32 Å². The van der Waals surface area contributed by atoms with Crippen LogP contribution in [0.2, 0.25) is 0 Å². The third-order valence-electron chi connectivity index (χ3n) is 6.26. The number of hydrogen-bond donors (Lipinski definition) is 2. The normalized spacial score (nSPS) is 25.6. The van der Waals surface area contributed by atoms with E-state index in [0.29, 0.717) is 24.9 Å².